The predicted molar refractivity (Wildman–Crippen MR) is 112 cm³/mol. The average molecular weight is 407 g/mol. The van der Waals surface area contributed by atoms with Crippen molar-refractivity contribution in [2.45, 2.75) is 12.8 Å². The highest BCUT2D eigenvalue weighted by Gasteiger charge is 2.35. The third-order valence-corrected chi connectivity index (χ3v) is 5.11. The molecule has 0 bridgehead atoms. The molecule has 0 spiro atoms. The molecular formula is C23H22FN3O3. The molecule has 1 unspecified atom stereocenters. The number of hydrogen-bond acceptors (Lipinski definition) is 4. The summed E-state index contributed by atoms with van der Waals surface area (Å²) >= 11 is 0. The molecule has 1 aliphatic heterocycles. The number of nitrogens with zero attached hydrogens (tertiary/aromatic N) is 2. The van der Waals surface area contributed by atoms with Crippen molar-refractivity contribution in [1.82, 2.24) is 10.3 Å². The van der Waals surface area contributed by atoms with Gasteiger partial charge >= 0.3 is 0 Å². The number of carbonyl (C=O) groups is 2. The monoisotopic (exact) mass is 407 g/mol. The van der Waals surface area contributed by atoms with E-state index in [2.05, 4.69) is 10.3 Å². The molecule has 1 fully saturated rings. The number of benzene rings is 2. The summed E-state index contributed by atoms with van der Waals surface area (Å²) in [4.78, 5) is 30.4. The number of hydrogen-bond donors (Lipinski definition) is 1. The van der Waals surface area contributed by atoms with Gasteiger partial charge in [-0.3, -0.25) is 14.6 Å². The average Bonchev–Trinajstić information content (AvgIpc) is 3.15. The van der Waals surface area contributed by atoms with Gasteiger partial charge in [0.25, 0.3) is 0 Å². The number of pyridine rings is 1. The molecule has 3 aromatic rings. The van der Waals surface area contributed by atoms with Gasteiger partial charge in [0.15, 0.2) is 0 Å². The zero-order valence-corrected chi connectivity index (χ0v) is 16.4. The second-order valence-corrected chi connectivity index (χ2v) is 7.18. The molecule has 0 radical (unpaired) electrons. The molecular weight excluding hydrogens is 385 g/mol. The van der Waals surface area contributed by atoms with Gasteiger partial charge in [-0.1, -0.05) is 30.3 Å². The normalized spacial score (nSPS) is 16.1. The molecule has 1 aliphatic rings. The first-order chi connectivity index (χ1) is 14.6. The second kappa shape index (κ2) is 8.90. The number of fused-ring (bicyclic) bond motifs is 1. The van der Waals surface area contributed by atoms with E-state index in [4.69, 9.17) is 4.74 Å². The van der Waals surface area contributed by atoms with Gasteiger partial charge in [0, 0.05) is 31.1 Å². The number of ether oxygens (including phenoxy) is 1. The summed E-state index contributed by atoms with van der Waals surface area (Å²) in [6.07, 6.45) is 2.42. The molecule has 1 atom stereocenters. The maximum atomic E-state index is 14.0. The molecule has 0 saturated carbocycles. The minimum Gasteiger partial charge on any atom is -0.491 e. The summed E-state index contributed by atoms with van der Waals surface area (Å²) in [6.45, 7) is 1.05. The van der Waals surface area contributed by atoms with Gasteiger partial charge in [-0.15, -0.1) is 0 Å². The number of aromatic nitrogens is 1. The molecule has 2 aromatic carbocycles. The standard InChI is InChI=1S/C23H22FN3O3/c24-18-8-1-2-9-19(18)27-15-17(14-21(27)28)23(29)26-12-5-13-30-20-10-3-6-16-7-4-11-25-22(16)20/h1-4,6-11,17H,5,12-15H2,(H,26,29). The van der Waals surface area contributed by atoms with Crippen LogP contribution in [0, 0.1) is 11.7 Å². The van der Waals surface area contributed by atoms with Crippen LogP contribution >= 0.6 is 0 Å². The Morgan fingerprint density at radius 3 is 2.87 bits per heavy atom. The number of carbonyl (C=O) groups excluding carboxylic acids is 2. The fourth-order valence-electron chi connectivity index (χ4n) is 3.59. The van der Waals surface area contributed by atoms with Crippen LogP contribution in [-0.2, 0) is 9.59 Å². The van der Waals surface area contributed by atoms with E-state index in [0.717, 1.165) is 10.9 Å². The molecule has 4 rings (SSSR count). The van der Waals surface area contributed by atoms with E-state index >= 15 is 0 Å². The summed E-state index contributed by atoms with van der Waals surface area (Å²) in [5, 5.41) is 3.86. The fraction of sp³-hybridized carbons (Fsp3) is 0.261. The van der Waals surface area contributed by atoms with Gasteiger partial charge < -0.3 is 15.0 Å². The van der Waals surface area contributed by atoms with Gasteiger partial charge in [0.1, 0.15) is 17.1 Å². The molecule has 6 nitrogen and oxygen atoms in total. The number of anilines is 1. The molecule has 7 heteroatoms. The second-order valence-electron chi connectivity index (χ2n) is 7.18. The molecule has 30 heavy (non-hydrogen) atoms. The van der Waals surface area contributed by atoms with E-state index in [1.807, 2.05) is 30.3 Å². The van der Waals surface area contributed by atoms with Crippen LogP contribution in [-0.4, -0.2) is 36.5 Å². The smallest absolute Gasteiger partial charge is 0.227 e. The van der Waals surface area contributed by atoms with E-state index in [-0.39, 0.29) is 30.5 Å². The minimum absolute atomic E-state index is 0.0817. The van der Waals surface area contributed by atoms with Crippen molar-refractivity contribution in [2.75, 3.05) is 24.6 Å². The molecule has 2 heterocycles. The Bertz CT molecular complexity index is 1070. The molecule has 2 amide bonds. The van der Waals surface area contributed by atoms with Crippen molar-refractivity contribution in [1.29, 1.82) is 0 Å². The first-order valence-corrected chi connectivity index (χ1v) is 9.92. The van der Waals surface area contributed by atoms with Crippen LogP contribution in [0.15, 0.2) is 60.8 Å². The van der Waals surface area contributed by atoms with Crippen LogP contribution in [0.5, 0.6) is 5.75 Å². The van der Waals surface area contributed by atoms with Gasteiger partial charge in [-0.2, -0.15) is 0 Å². The zero-order chi connectivity index (χ0) is 20.9. The summed E-state index contributed by atoms with van der Waals surface area (Å²) < 4.78 is 19.8. The van der Waals surface area contributed by atoms with Crippen molar-refractivity contribution >= 4 is 28.4 Å². The van der Waals surface area contributed by atoms with Gasteiger partial charge in [-0.25, -0.2) is 4.39 Å². The van der Waals surface area contributed by atoms with Crippen molar-refractivity contribution < 1.29 is 18.7 Å². The highest BCUT2D eigenvalue weighted by molar-refractivity contribution is 6.00. The number of nitrogens with one attached hydrogen (secondary N) is 1. The van der Waals surface area contributed by atoms with Crippen LogP contribution in [0.1, 0.15) is 12.8 Å². The van der Waals surface area contributed by atoms with E-state index in [9.17, 15) is 14.0 Å². The van der Waals surface area contributed by atoms with Crippen LogP contribution in [0.3, 0.4) is 0 Å². The van der Waals surface area contributed by atoms with Gasteiger partial charge in [-0.05, 0) is 30.7 Å². The van der Waals surface area contributed by atoms with Crippen LogP contribution in [0.4, 0.5) is 10.1 Å². The molecule has 1 N–H and O–H groups in total. The fourth-order valence-corrected chi connectivity index (χ4v) is 3.59. The third kappa shape index (κ3) is 4.25. The molecule has 154 valence electrons. The number of halogens is 1. The SMILES string of the molecule is O=C(NCCCOc1cccc2cccnc12)C1CC(=O)N(c2ccccc2F)C1. The van der Waals surface area contributed by atoms with Gasteiger partial charge in [0.05, 0.1) is 18.2 Å². The summed E-state index contributed by atoms with van der Waals surface area (Å²) in [7, 11) is 0. The lowest BCUT2D eigenvalue weighted by atomic mass is 10.1. The van der Waals surface area contributed by atoms with E-state index in [1.54, 1.807) is 24.4 Å². The Morgan fingerprint density at radius 1 is 1.17 bits per heavy atom. The largest absolute Gasteiger partial charge is 0.491 e. The van der Waals surface area contributed by atoms with Crippen molar-refractivity contribution in [2.24, 2.45) is 5.92 Å². The molecule has 0 aliphatic carbocycles. The highest BCUT2D eigenvalue weighted by atomic mass is 19.1. The Kier molecular flexibility index (Phi) is 5.88. The summed E-state index contributed by atoms with van der Waals surface area (Å²) in [5.41, 5.74) is 1.02. The number of para-hydroxylation sites is 2. The molecule has 1 aromatic heterocycles. The van der Waals surface area contributed by atoms with Crippen LogP contribution in [0.25, 0.3) is 10.9 Å². The van der Waals surface area contributed by atoms with Crippen molar-refractivity contribution in [3.63, 3.8) is 0 Å². The highest BCUT2D eigenvalue weighted by Crippen LogP contribution is 2.27. The number of amides is 2. The van der Waals surface area contributed by atoms with Crippen LogP contribution < -0.4 is 15.0 Å². The first-order valence-electron chi connectivity index (χ1n) is 9.92. The topological polar surface area (TPSA) is 71.5 Å². The Morgan fingerprint density at radius 2 is 2.00 bits per heavy atom. The van der Waals surface area contributed by atoms with Crippen molar-refractivity contribution in [3.8, 4) is 5.75 Å². The lowest BCUT2D eigenvalue weighted by Crippen LogP contribution is -2.34. The lowest BCUT2D eigenvalue weighted by Gasteiger charge is -2.17. The number of rotatable bonds is 7. The quantitative estimate of drug-likeness (QED) is 0.610. The van der Waals surface area contributed by atoms with E-state index in [0.29, 0.717) is 25.3 Å². The third-order valence-electron chi connectivity index (χ3n) is 5.11. The first kappa shape index (κ1) is 19.8. The Balaban J connectivity index is 1.24. The summed E-state index contributed by atoms with van der Waals surface area (Å²) in [6, 6.07) is 15.7. The van der Waals surface area contributed by atoms with Crippen LogP contribution in [0.2, 0.25) is 0 Å². The van der Waals surface area contributed by atoms with E-state index in [1.165, 1.54) is 11.0 Å². The summed E-state index contributed by atoms with van der Waals surface area (Å²) in [5.74, 6) is -0.685. The maximum absolute atomic E-state index is 14.0. The van der Waals surface area contributed by atoms with E-state index < -0.39 is 11.7 Å². The predicted octanol–water partition coefficient (Wildman–Crippen LogP) is 3.31. The zero-order valence-electron chi connectivity index (χ0n) is 16.4. The molecule has 1 saturated heterocycles. The lowest BCUT2D eigenvalue weighted by molar-refractivity contribution is -0.126. The Hall–Kier alpha value is -3.48. The van der Waals surface area contributed by atoms with Gasteiger partial charge in [0.2, 0.25) is 11.8 Å². The Labute approximate surface area is 173 Å². The van der Waals surface area contributed by atoms with Crippen molar-refractivity contribution in [3.05, 3.63) is 66.6 Å². The minimum atomic E-state index is -0.486. The maximum Gasteiger partial charge on any atom is 0.227 e.